The van der Waals surface area contributed by atoms with Crippen molar-refractivity contribution in [3.8, 4) is 0 Å². The van der Waals surface area contributed by atoms with Crippen molar-refractivity contribution in [3.05, 3.63) is 28.8 Å². The average molecular weight is 219 g/mol. The molecule has 3 nitrogen and oxygen atoms in total. The fourth-order valence-corrected chi connectivity index (χ4v) is 2.27. The number of anilines is 1. The first-order valence-corrected chi connectivity index (χ1v) is 5.72. The minimum absolute atomic E-state index is 0.343. The van der Waals surface area contributed by atoms with Crippen LogP contribution in [0.5, 0.6) is 0 Å². The van der Waals surface area contributed by atoms with Gasteiger partial charge in [-0.15, -0.1) is 0 Å². The Hall–Kier alpha value is -1.51. The molecule has 0 amide bonds. The molecular weight excluding hydrogens is 202 g/mol. The molecule has 86 valence electrons. The molecule has 0 atom stereocenters. The fraction of sp³-hybridized carbons (Fsp3) is 0.462. The van der Waals surface area contributed by atoms with Gasteiger partial charge in [0.25, 0.3) is 0 Å². The predicted octanol–water partition coefficient (Wildman–Crippen LogP) is 2.32. The molecule has 0 saturated carbocycles. The van der Waals surface area contributed by atoms with E-state index in [1.54, 1.807) is 0 Å². The van der Waals surface area contributed by atoms with E-state index in [1.165, 1.54) is 37.5 Å². The summed E-state index contributed by atoms with van der Waals surface area (Å²) >= 11 is 0. The second-order valence-corrected chi connectivity index (χ2v) is 4.26. The summed E-state index contributed by atoms with van der Waals surface area (Å²) in [6.07, 6.45) is 5.77. The number of rotatable bonds is 1. The van der Waals surface area contributed by atoms with Crippen molar-refractivity contribution in [2.24, 2.45) is 0 Å². The van der Waals surface area contributed by atoms with Crippen LogP contribution in [-0.4, -0.2) is 13.1 Å². The van der Waals surface area contributed by atoms with Crippen LogP contribution in [-0.2, 0) is 17.6 Å². The number of fused-ring (bicyclic) bond motifs is 1. The number of benzene rings is 1. The molecule has 0 aromatic heterocycles. The van der Waals surface area contributed by atoms with Crippen LogP contribution in [0.2, 0.25) is 0 Å². The number of nitrogen functional groups attached to an aromatic ring is 1. The van der Waals surface area contributed by atoms with E-state index >= 15 is 0 Å². The number of ether oxygens (including phenoxy) is 1. The topological polar surface area (TPSA) is 52.3 Å². The Kier molecular flexibility index (Phi) is 3.13. The maximum atomic E-state index is 11.5. The normalized spacial score (nSPS) is 15.1. The van der Waals surface area contributed by atoms with E-state index in [0.29, 0.717) is 11.3 Å². The van der Waals surface area contributed by atoms with Gasteiger partial charge in [0.2, 0.25) is 0 Å². The Bertz CT molecular complexity index is 413. The second kappa shape index (κ2) is 4.56. The Balaban J connectivity index is 2.42. The molecule has 1 aromatic carbocycles. The van der Waals surface area contributed by atoms with Gasteiger partial charge in [0, 0.05) is 5.69 Å². The average Bonchev–Trinajstić information content (AvgIpc) is 2.51. The number of carbonyl (C=O) groups is 1. The molecule has 1 aliphatic carbocycles. The smallest absolute Gasteiger partial charge is 0.339 e. The van der Waals surface area contributed by atoms with E-state index in [2.05, 4.69) is 0 Å². The molecule has 2 rings (SSSR count). The number of methoxy groups -OCH3 is 1. The van der Waals surface area contributed by atoms with Crippen LogP contribution in [0.25, 0.3) is 0 Å². The van der Waals surface area contributed by atoms with E-state index in [9.17, 15) is 4.79 Å². The molecule has 0 bridgehead atoms. The Morgan fingerprint density at radius 2 is 1.81 bits per heavy atom. The fourth-order valence-electron chi connectivity index (χ4n) is 2.27. The summed E-state index contributed by atoms with van der Waals surface area (Å²) < 4.78 is 4.72. The van der Waals surface area contributed by atoms with Crippen LogP contribution in [0, 0.1) is 0 Å². The molecule has 0 unspecified atom stereocenters. The third kappa shape index (κ3) is 2.03. The SMILES string of the molecule is COC(=O)c1cc2c(cc1N)CCCCC2. The van der Waals surface area contributed by atoms with Gasteiger partial charge in [0.05, 0.1) is 12.7 Å². The minimum Gasteiger partial charge on any atom is -0.465 e. The maximum Gasteiger partial charge on any atom is 0.339 e. The molecule has 16 heavy (non-hydrogen) atoms. The van der Waals surface area contributed by atoms with Gasteiger partial charge in [-0.25, -0.2) is 4.79 Å². The molecule has 1 aromatic rings. The summed E-state index contributed by atoms with van der Waals surface area (Å²) in [5, 5.41) is 0. The highest BCUT2D eigenvalue weighted by Gasteiger charge is 2.15. The van der Waals surface area contributed by atoms with E-state index in [1.807, 2.05) is 12.1 Å². The lowest BCUT2D eigenvalue weighted by Gasteiger charge is -2.10. The molecule has 0 fully saturated rings. The van der Waals surface area contributed by atoms with E-state index in [4.69, 9.17) is 10.5 Å². The van der Waals surface area contributed by atoms with Gasteiger partial charge >= 0.3 is 5.97 Å². The summed E-state index contributed by atoms with van der Waals surface area (Å²) in [7, 11) is 1.38. The lowest BCUT2D eigenvalue weighted by Crippen LogP contribution is -2.08. The molecule has 0 spiro atoms. The van der Waals surface area contributed by atoms with Gasteiger partial charge in [0.1, 0.15) is 0 Å². The van der Waals surface area contributed by atoms with Gasteiger partial charge in [-0.1, -0.05) is 6.42 Å². The van der Waals surface area contributed by atoms with Crippen LogP contribution in [0.15, 0.2) is 12.1 Å². The summed E-state index contributed by atoms with van der Waals surface area (Å²) in [6.45, 7) is 0. The van der Waals surface area contributed by atoms with Crippen LogP contribution < -0.4 is 5.73 Å². The van der Waals surface area contributed by atoms with Crippen molar-refractivity contribution in [1.82, 2.24) is 0 Å². The van der Waals surface area contributed by atoms with E-state index in [0.717, 1.165) is 12.8 Å². The molecule has 0 aliphatic heterocycles. The quantitative estimate of drug-likeness (QED) is 0.448. The molecule has 3 heteroatoms. The van der Waals surface area contributed by atoms with Crippen molar-refractivity contribution in [2.75, 3.05) is 12.8 Å². The molecule has 2 N–H and O–H groups in total. The highest BCUT2D eigenvalue weighted by atomic mass is 16.5. The van der Waals surface area contributed by atoms with Crippen molar-refractivity contribution in [2.45, 2.75) is 32.1 Å². The monoisotopic (exact) mass is 219 g/mol. The first-order valence-electron chi connectivity index (χ1n) is 5.72. The maximum absolute atomic E-state index is 11.5. The highest BCUT2D eigenvalue weighted by Crippen LogP contribution is 2.26. The Labute approximate surface area is 95.6 Å². The predicted molar refractivity (Wildman–Crippen MR) is 63.5 cm³/mol. The van der Waals surface area contributed by atoms with Crippen LogP contribution >= 0.6 is 0 Å². The number of carbonyl (C=O) groups excluding carboxylic acids is 1. The zero-order valence-electron chi connectivity index (χ0n) is 9.58. The van der Waals surface area contributed by atoms with Gasteiger partial charge in [-0.3, -0.25) is 0 Å². The number of hydrogen-bond acceptors (Lipinski definition) is 3. The minimum atomic E-state index is -0.343. The zero-order chi connectivity index (χ0) is 11.5. The first-order chi connectivity index (χ1) is 7.72. The lowest BCUT2D eigenvalue weighted by molar-refractivity contribution is 0.0602. The van der Waals surface area contributed by atoms with Gasteiger partial charge in [-0.05, 0) is 48.9 Å². The van der Waals surface area contributed by atoms with Crippen molar-refractivity contribution in [3.63, 3.8) is 0 Å². The Morgan fingerprint density at radius 1 is 1.19 bits per heavy atom. The Morgan fingerprint density at radius 3 is 2.44 bits per heavy atom. The van der Waals surface area contributed by atoms with Gasteiger partial charge in [0.15, 0.2) is 0 Å². The third-order valence-corrected chi connectivity index (χ3v) is 3.17. The summed E-state index contributed by atoms with van der Waals surface area (Å²) in [5.74, 6) is -0.343. The van der Waals surface area contributed by atoms with Crippen LogP contribution in [0.4, 0.5) is 5.69 Å². The summed E-state index contributed by atoms with van der Waals surface area (Å²) in [6, 6.07) is 3.84. The first kappa shape index (κ1) is 11.0. The van der Waals surface area contributed by atoms with Gasteiger partial charge < -0.3 is 10.5 Å². The standard InChI is InChI=1S/C13H17NO2/c1-16-13(15)11-7-9-5-3-2-4-6-10(9)8-12(11)14/h7-8H,2-6,14H2,1H3. The third-order valence-electron chi connectivity index (χ3n) is 3.17. The zero-order valence-corrected chi connectivity index (χ0v) is 9.58. The molecule has 1 aliphatic rings. The summed E-state index contributed by atoms with van der Waals surface area (Å²) in [4.78, 5) is 11.5. The molecule has 0 heterocycles. The number of esters is 1. The van der Waals surface area contributed by atoms with Crippen LogP contribution in [0.1, 0.15) is 40.7 Å². The van der Waals surface area contributed by atoms with E-state index < -0.39 is 0 Å². The molecule has 0 radical (unpaired) electrons. The number of hydrogen-bond donors (Lipinski definition) is 1. The van der Waals surface area contributed by atoms with Crippen LogP contribution in [0.3, 0.4) is 0 Å². The van der Waals surface area contributed by atoms with Crippen molar-refractivity contribution in [1.29, 1.82) is 0 Å². The van der Waals surface area contributed by atoms with Gasteiger partial charge in [-0.2, -0.15) is 0 Å². The molecule has 0 saturated heterocycles. The lowest BCUT2D eigenvalue weighted by atomic mass is 9.98. The van der Waals surface area contributed by atoms with Crippen molar-refractivity contribution >= 4 is 11.7 Å². The number of nitrogens with two attached hydrogens (primary N) is 1. The summed E-state index contributed by atoms with van der Waals surface area (Å²) in [5.41, 5.74) is 9.46. The second-order valence-electron chi connectivity index (χ2n) is 4.26. The highest BCUT2D eigenvalue weighted by molar-refractivity contribution is 5.95. The van der Waals surface area contributed by atoms with E-state index in [-0.39, 0.29) is 5.97 Å². The molecular formula is C13H17NO2. The number of aryl methyl sites for hydroxylation is 2. The van der Waals surface area contributed by atoms with Crippen molar-refractivity contribution < 1.29 is 9.53 Å². The largest absolute Gasteiger partial charge is 0.465 e.